The molecule has 0 aliphatic heterocycles. The lowest BCUT2D eigenvalue weighted by molar-refractivity contribution is 0.452. The van der Waals surface area contributed by atoms with Gasteiger partial charge in [0.15, 0.2) is 0 Å². The second-order valence-electron chi connectivity index (χ2n) is 4.75. The monoisotopic (exact) mass is 330 g/mol. The van der Waals surface area contributed by atoms with Crippen molar-refractivity contribution in [2.75, 3.05) is 0 Å². The van der Waals surface area contributed by atoms with Crippen LogP contribution in [0, 0.1) is 32.1 Å². The molecule has 1 aromatic carbocycles. The molecule has 0 amide bonds. The molecular weight excluding hydrogens is 316 g/mol. The molecule has 1 heterocycles. The molecule has 1 aromatic heterocycles. The van der Waals surface area contributed by atoms with E-state index in [1.165, 1.54) is 0 Å². The van der Waals surface area contributed by atoms with E-state index >= 15 is 0 Å². The van der Waals surface area contributed by atoms with Crippen molar-refractivity contribution in [2.24, 2.45) is 0 Å². The van der Waals surface area contributed by atoms with Crippen molar-refractivity contribution in [1.29, 1.82) is 5.26 Å². The average molecular weight is 331 g/mol. The second-order valence-corrected chi connectivity index (χ2v) is 5.31. The topological polar surface area (TPSA) is 45.9 Å². The van der Waals surface area contributed by atoms with Crippen molar-refractivity contribution in [2.45, 2.75) is 26.1 Å². The molecule has 0 radical (unpaired) electrons. The number of rotatable bonds is 3. The molecule has 2 aromatic rings. The molecule has 0 aliphatic carbocycles. The highest BCUT2D eigenvalue weighted by molar-refractivity contribution is 9.08. The fourth-order valence-electron chi connectivity index (χ4n) is 2.07. The molecule has 0 saturated carbocycles. The van der Waals surface area contributed by atoms with E-state index in [0.717, 1.165) is 33.3 Å². The fourth-order valence-corrected chi connectivity index (χ4v) is 2.38. The van der Waals surface area contributed by atoms with E-state index in [1.54, 1.807) is 6.20 Å². The number of benzene rings is 1. The van der Waals surface area contributed by atoms with Gasteiger partial charge in [-0.3, -0.25) is 0 Å². The van der Waals surface area contributed by atoms with Gasteiger partial charge in [-0.05, 0) is 55.7 Å². The number of nitriles is 1. The van der Waals surface area contributed by atoms with Crippen molar-refractivity contribution >= 4 is 15.9 Å². The van der Waals surface area contributed by atoms with Gasteiger partial charge in [0, 0.05) is 17.1 Å². The standard InChI is InChI=1S/C16H15BrN2O/c1-10-4-13(8-18)5-11(2)15(10)20-16-12(3)6-14(7-17)9-19-16/h4-6,9H,7H2,1-3H3. The van der Waals surface area contributed by atoms with Crippen molar-refractivity contribution in [1.82, 2.24) is 4.98 Å². The molecule has 0 aliphatic rings. The average Bonchev–Trinajstić information content (AvgIpc) is 2.43. The molecular formula is C16H15BrN2O. The van der Waals surface area contributed by atoms with E-state index < -0.39 is 0 Å². The van der Waals surface area contributed by atoms with Crippen molar-refractivity contribution in [3.63, 3.8) is 0 Å². The fraction of sp³-hybridized carbons (Fsp3) is 0.250. The molecule has 102 valence electrons. The lowest BCUT2D eigenvalue weighted by atomic mass is 10.1. The number of alkyl halides is 1. The van der Waals surface area contributed by atoms with Gasteiger partial charge in [0.05, 0.1) is 11.6 Å². The Morgan fingerprint density at radius 2 is 1.80 bits per heavy atom. The van der Waals surface area contributed by atoms with Crippen LogP contribution in [0.5, 0.6) is 11.6 Å². The highest BCUT2D eigenvalue weighted by Crippen LogP contribution is 2.30. The van der Waals surface area contributed by atoms with Crippen LogP contribution in [0.1, 0.15) is 27.8 Å². The Morgan fingerprint density at radius 1 is 1.15 bits per heavy atom. The third kappa shape index (κ3) is 3.00. The molecule has 0 fully saturated rings. The first-order valence-corrected chi connectivity index (χ1v) is 7.38. The Hall–Kier alpha value is -1.86. The molecule has 4 heteroatoms. The molecule has 2 rings (SSSR count). The lowest BCUT2D eigenvalue weighted by Crippen LogP contribution is -1.97. The first-order valence-electron chi connectivity index (χ1n) is 6.26. The van der Waals surface area contributed by atoms with Crippen LogP contribution in [0.15, 0.2) is 24.4 Å². The van der Waals surface area contributed by atoms with Gasteiger partial charge < -0.3 is 4.74 Å². The summed E-state index contributed by atoms with van der Waals surface area (Å²) < 4.78 is 5.93. The summed E-state index contributed by atoms with van der Waals surface area (Å²) in [4.78, 5) is 4.35. The number of aromatic nitrogens is 1. The van der Waals surface area contributed by atoms with E-state index in [9.17, 15) is 0 Å². The number of pyridine rings is 1. The highest BCUT2D eigenvalue weighted by Gasteiger charge is 2.10. The van der Waals surface area contributed by atoms with Crippen LogP contribution in [0.25, 0.3) is 0 Å². The molecule has 0 N–H and O–H groups in total. The molecule has 0 atom stereocenters. The smallest absolute Gasteiger partial charge is 0.222 e. The van der Waals surface area contributed by atoms with Gasteiger partial charge in [0.2, 0.25) is 5.88 Å². The van der Waals surface area contributed by atoms with E-state index in [4.69, 9.17) is 10.00 Å². The molecule has 0 unspecified atom stereocenters. The first-order chi connectivity index (χ1) is 9.55. The number of hydrogen-bond acceptors (Lipinski definition) is 3. The zero-order chi connectivity index (χ0) is 14.7. The SMILES string of the molecule is Cc1cc(CBr)cnc1Oc1c(C)cc(C#N)cc1C. The number of aryl methyl sites for hydroxylation is 3. The summed E-state index contributed by atoms with van der Waals surface area (Å²) in [7, 11) is 0. The van der Waals surface area contributed by atoms with Gasteiger partial charge in [0.1, 0.15) is 5.75 Å². The molecule has 20 heavy (non-hydrogen) atoms. The van der Waals surface area contributed by atoms with Crippen molar-refractivity contribution < 1.29 is 4.74 Å². The third-order valence-corrected chi connectivity index (χ3v) is 3.68. The van der Waals surface area contributed by atoms with Crippen LogP contribution in [0.4, 0.5) is 0 Å². The summed E-state index contributed by atoms with van der Waals surface area (Å²) >= 11 is 3.41. The first kappa shape index (κ1) is 14.5. The molecule has 0 spiro atoms. The second kappa shape index (κ2) is 6.06. The van der Waals surface area contributed by atoms with E-state index in [0.29, 0.717) is 11.4 Å². The minimum atomic E-state index is 0.602. The summed E-state index contributed by atoms with van der Waals surface area (Å²) in [5.41, 5.74) is 4.62. The Morgan fingerprint density at radius 3 is 2.30 bits per heavy atom. The normalized spacial score (nSPS) is 10.2. The Kier molecular flexibility index (Phi) is 4.41. The predicted octanol–water partition coefficient (Wildman–Crippen LogP) is 4.57. The predicted molar refractivity (Wildman–Crippen MR) is 82.3 cm³/mol. The Labute approximate surface area is 127 Å². The number of ether oxygens (including phenoxy) is 1. The third-order valence-electron chi connectivity index (χ3n) is 3.03. The maximum absolute atomic E-state index is 8.96. The maximum atomic E-state index is 8.96. The Bertz CT molecular complexity index is 666. The summed E-state index contributed by atoms with van der Waals surface area (Å²) in [5, 5.41) is 9.74. The molecule has 3 nitrogen and oxygen atoms in total. The number of nitrogens with zero attached hydrogens (tertiary/aromatic N) is 2. The van der Waals surface area contributed by atoms with Gasteiger partial charge >= 0.3 is 0 Å². The van der Waals surface area contributed by atoms with Gasteiger partial charge in [0.25, 0.3) is 0 Å². The zero-order valence-corrected chi connectivity index (χ0v) is 13.3. The highest BCUT2D eigenvalue weighted by atomic mass is 79.9. The minimum Gasteiger partial charge on any atom is -0.438 e. The minimum absolute atomic E-state index is 0.602. The summed E-state index contributed by atoms with van der Waals surface area (Å²) in [6.45, 7) is 5.85. The molecule has 0 bridgehead atoms. The van der Waals surface area contributed by atoms with E-state index in [2.05, 4.69) is 27.0 Å². The van der Waals surface area contributed by atoms with Crippen LogP contribution in [-0.2, 0) is 5.33 Å². The largest absolute Gasteiger partial charge is 0.438 e. The van der Waals surface area contributed by atoms with E-state index in [1.807, 2.05) is 39.0 Å². The quantitative estimate of drug-likeness (QED) is 0.774. The van der Waals surface area contributed by atoms with E-state index in [-0.39, 0.29) is 0 Å². The lowest BCUT2D eigenvalue weighted by Gasteiger charge is -2.13. The van der Waals surface area contributed by atoms with Crippen molar-refractivity contribution in [3.05, 3.63) is 52.2 Å². The number of hydrogen-bond donors (Lipinski definition) is 0. The number of halogens is 1. The summed E-state index contributed by atoms with van der Waals surface area (Å²) in [6.07, 6.45) is 1.80. The van der Waals surface area contributed by atoms with Crippen LogP contribution >= 0.6 is 15.9 Å². The maximum Gasteiger partial charge on any atom is 0.222 e. The van der Waals surface area contributed by atoms with Crippen LogP contribution < -0.4 is 4.74 Å². The van der Waals surface area contributed by atoms with Gasteiger partial charge in [-0.2, -0.15) is 5.26 Å². The Balaban J connectivity index is 2.38. The zero-order valence-electron chi connectivity index (χ0n) is 11.7. The van der Waals surface area contributed by atoms with Crippen LogP contribution in [0.2, 0.25) is 0 Å². The summed E-state index contributed by atoms with van der Waals surface area (Å²) in [6, 6.07) is 7.84. The van der Waals surface area contributed by atoms with Crippen molar-refractivity contribution in [3.8, 4) is 17.7 Å². The van der Waals surface area contributed by atoms with Gasteiger partial charge in [-0.25, -0.2) is 4.98 Å². The van der Waals surface area contributed by atoms with Crippen LogP contribution in [0.3, 0.4) is 0 Å². The van der Waals surface area contributed by atoms with Crippen LogP contribution in [-0.4, -0.2) is 4.98 Å². The van der Waals surface area contributed by atoms with Gasteiger partial charge in [-0.1, -0.05) is 15.9 Å². The van der Waals surface area contributed by atoms with Gasteiger partial charge in [-0.15, -0.1) is 0 Å². The molecule has 0 saturated heterocycles. The summed E-state index contributed by atoms with van der Waals surface area (Å²) in [5.74, 6) is 1.37.